The molecule has 8 atom stereocenters. The first-order valence-corrected chi connectivity index (χ1v) is 25.3. The fourth-order valence-electron chi connectivity index (χ4n) is 11.1. The van der Waals surface area contributed by atoms with Crippen molar-refractivity contribution in [2.75, 3.05) is 6.61 Å². The number of hydrogen-bond acceptors (Lipinski definition) is 4. The Kier molecular flexibility index (Phi) is 22.9. The first-order valence-electron chi connectivity index (χ1n) is 22.2. The smallest absolute Gasteiger partial charge is 0.393 e. The van der Waals surface area contributed by atoms with Crippen molar-refractivity contribution in [3.8, 4) is 0 Å². The molecular formula is C43H84O9P2. The molecule has 0 radical (unpaired) electrons. The van der Waals surface area contributed by atoms with Gasteiger partial charge in [0.2, 0.25) is 0 Å². The van der Waals surface area contributed by atoms with Crippen LogP contribution in [0, 0.1) is 46.3 Å². The van der Waals surface area contributed by atoms with E-state index in [1.165, 1.54) is 128 Å². The van der Waals surface area contributed by atoms with Crippen molar-refractivity contribution in [2.45, 2.75) is 208 Å². The van der Waals surface area contributed by atoms with E-state index in [2.05, 4.69) is 52.1 Å². The van der Waals surface area contributed by atoms with Gasteiger partial charge in [-0.15, -0.1) is 0 Å². The minimum absolute atomic E-state index is 0.0766. The van der Waals surface area contributed by atoms with E-state index in [0.717, 1.165) is 67.6 Å². The van der Waals surface area contributed by atoms with Crippen LogP contribution in [0.5, 0.6) is 0 Å². The lowest BCUT2D eigenvalue weighted by Gasteiger charge is -2.58. The monoisotopic (exact) mass is 807 g/mol. The summed E-state index contributed by atoms with van der Waals surface area (Å²) in [5.41, 5.74) is 2.60. The quantitative estimate of drug-likeness (QED) is 0.0376. The average molecular weight is 807 g/mol. The molecule has 4 aliphatic rings. The van der Waals surface area contributed by atoms with E-state index in [0.29, 0.717) is 10.8 Å². The summed E-state index contributed by atoms with van der Waals surface area (Å²) >= 11 is 0. The summed E-state index contributed by atoms with van der Waals surface area (Å²) in [6.07, 6.45) is 34.9. The molecule has 0 saturated heterocycles. The topological polar surface area (TPSA) is 165 Å². The third-order valence-corrected chi connectivity index (χ3v) is 14.6. The summed E-state index contributed by atoms with van der Waals surface area (Å²) in [6, 6.07) is 0. The molecule has 6 N–H and O–H groups in total. The first kappa shape index (κ1) is 50.1. The van der Waals surface area contributed by atoms with Crippen LogP contribution in [0.25, 0.3) is 0 Å². The fourth-order valence-corrected chi connectivity index (χ4v) is 11.5. The number of fused-ring (bicyclic) bond motifs is 5. The van der Waals surface area contributed by atoms with Crippen LogP contribution in [0.15, 0.2) is 11.6 Å². The Morgan fingerprint density at radius 2 is 1.26 bits per heavy atom. The van der Waals surface area contributed by atoms with Gasteiger partial charge in [-0.05, 0) is 104 Å². The summed E-state index contributed by atoms with van der Waals surface area (Å²) < 4.78 is 23.7. The highest BCUT2D eigenvalue weighted by Gasteiger charge is 2.59. The third-order valence-electron chi connectivity index (χ3n) is 14.0. The van der Waals surface area contributed by atoms with Gasteiger partial charge < -0.3 is 29.6 Å². The van der Waals surface area contributed by atoms with Gasteiger partial charge in [-0.1, -0.05) is 156 Å². The van der Waals surface area contributed by atoms with Crippen molar-refractivity contribution >= 4 is 15.6 Å². The van der Waals surface area contributed by atoms with Gasteiger partial charge in [-0.25, -0.2) is 9.13 Å². The highest BCUT2D eigenvalue weighted by Crippen LogP contribution is 2.67. The molecule has 0 amide bonds. The predicted molar refractivity (Wildman–Crippen MR) is 222 cm³/mol. The van der Waals surface area contributed by atoms with Crippen molar-refractivity contribution in [1.29, 1.82) is 0 Å². The van der Waals surface area contributed by atoms with Crippen LogP contribution < -0.4 is 0 Å². The molecule has 9 nitrogen and oxygen atoms in total. The number of phosphoric ester groups is 1. The van der Waals surface area contributed by atoms with E-state index >= 15 is 0 Å². The second-order valence-electron chi connectivity index (χ2n) is 18.6. The molecule has 3 fully saturated rings. The molecule has 0 aliphatic heterocycles. The molecule has 0 bridgehead atoms. The molecule has 0 aromatic heterocycles. The Hall–Kier alpha value is -0.0800. The summed E-state index contributed by atoms with van der Waals surface area (Å²) in [5.74, 6) is 5.46. The summed E-state index contributed by atoms with van der Waals surface area (Å²) in [5, 5.41) is 10.2. The van der Waals surface area contributed by atoms with E-state index < -0.39 is 15.6 Å². The van der Waals surface area contributed by atoms with Crippen LogP contribution in [-0.4, -0.2) is 42.3 Å². The van der Waals surface area contributed by atoms with E-state index in [9.17, 15) is 9.67 Å². The molecule has 3 saturated carbocycles. The van der Waals surface area contributed by atoms with Crippen molar-refractivity contribution < 1.29 is 43.2 Å². The molecule has 0 aromatic carbocycles. The van der Waals surface area contributed by atoms with Crippen LogP contribution in [-0.2, 0) is 13.7 Å². The van der Waals surface area contributed by atoms with E-state index in [-0.39, 0.29) is 12.7 Å². The molecule has 0 heterocycles. The largest absolute Gasteiger partial charge is 0.469 e. The minimum Gasteiger partial charge on any atom is -0.393 e. The van der Waals surface area contributed by atoms with Gasteiger partial charge in [0.1, 0.15) is 0 Å². The second kappa shape index (κ2) is 24.8. The normalized spacial score (nSPS) is 29.9. The average Bonchev–Trinajstić information content (AvgIpc) is 3.43. The number of aliphatic hydroxyl groups excluding tert-OH is 1. The molecule has 0 spiro atoms. The van der Waals surface area contributed by atoms with Crippen LogP contribution in [0.3, 0.4) is 0 Å². The number of aliphatic hydroxyl groups is 1. The Balaban J connectivity index is 0.000000345. The summed E-state index contributed by atoms with van der Waals surface area (Å²) in [4.78, 5) is 38.6. The Bertz CT molecular complexity index is 1140. The lowest BCUT2D eigenvalue weighted by molar-refractivity contribution is -0.0573. The van der Waals surface area contributed by atoms with Gasteiger partial charge in [0, 0.05) is 0 Å². The van der Waals surface area contributed by atoms with Crippen LogP contribution in [0.4, 0.5) is 0 Å². The van der Waals surface area contributed by atoms with Crippen LogP contribution >= 0.6 is 15.6 Å². The lowest BCUT2D eigenvalue weighted by Crippen LogP contribution is -2.50. The number of rotatable bonds is 21. The van der Waals surface area contributed by atoms with Gasteiger partial charge in [0.25, 0.3) is 0 Å². The fraction of sp³-hybridized carbons (Fsp3) is 0.953. The number of unbranched alkanes of at least 4 members (excludes halogenated alkanes) is 13. The highest BCUT2D eigenvalue weighted by molar-refractivity contribution is 7.46. The molecule has 0 unspecified atom stereocenters. The van der Waals surface area contributed by atoms with E-state index in [4.69, 9.17) is 29.0 Å². The molecule has 4 rings (SSSR count). The van der Waals surface area contributed by atoms with E-state index in [1.807, 2.05) is 0 Å². The maximum atomic E-state index is 10.4. The number of hydrogen-bond donors (Lipinski definition) is 6. The van der Waals surface area contributed by atoms with Gasteiger partial charge in [-0.3, -0.25) is 4.52 Å². The molecule has 320 valence electrons. The maximum absolute atomic E-state index is 10.4. The first-order chi connectivity index (χ1) is 25.3. The predicted octanol–water partition coefficient (Wildman–Crippen LogP) is 12.0. The van der Waals surface area contributed by atoms with Gasteiger partial charge in [0.15, 0.2) is 0 Å². The molecule has 11 heteroatoms. The van der Waals surface area contributed by atoms with Gasteiger partial charge >= 0.3 is 15.6 Å². The minimum atomic E-state index is -4.64. The molecule has 0 aromatic rings. The SMILES string of the molecule is CC(C)CCC[C@@H](C)[C@H]1CC[C@H]2[C@@H]3CC=C4C[C@@H](O)CC[C@]4(C)[C@H]3CC[C@]12C.CCCCCCCCCCCCCCCCOP(=O)(O)O.O=P(O)(O)O. The zero-order valence-corrected chi connectivity index (χ0v) is 37.1. The van der Waals surface area contributed by atoms with E-state index in [1.54, 1.807) is 5.57 Å². The molecular weight excluding hydrogens is 722 g/mol. The third kappa shape index (κ3) is 18.2. The Labute approximate surface area is 330 Å². The van der Waals surface area contributed by atoms with Crippen LogP contribution in [0.2, 0.25) is 0 Å². The van der Waals surface area contributed by atoms with Crippen molar-refractivity contribution in [1.82, 2.24) is 0 Å². The Morgan fingerprint density at radius 3 is 1.78 bits per heavy atom. The van der Waals surface area contributed by atoms with Gasteiger partial charge in [-0.2, -0.15) is 0 Å². The zero-order valence-electron chi connectivity index (χ0n) is 35.3. The van der Waals surface area contributed by atoms with Crippen molar-refractivity contribution in [3.63, 3.8) is 0 Å². The summed E-state index contributed by atoms with van der Waals surface area (Å²) in [6.45, 7) is 15.0. The standard InChI is InChI=1S/C27H46O.C16H35O4P.H3O4P/c1-18(2)7-6-8-19(3)23-11-12-24-22-10-9-20-17-21(28)13-15-26(20,4)25(22)14-16-27(23,24)5;1-2-3-4-5-6-7-8-9-10-11-12-13-14-15-16-20-21(17,18)19;1-5(2,3)4/h9,18-19,21-25,28H,6-8,10-17H2,1-5H3;2-16H2,1H3,(H2,17,18,19);(H3,1,2,3,4)/t19-,21+,22+,23-,24+,25+,26+,27-;;/m1../s1. The van der Waals surface area contributed by atoms with Crippen molar-refractivity contribution in [2.24, 2.45) is 46.3 Å². The highest BCUT2D eigenvalue weighted by atomic mass is 31.2. The second-order valence-corrected chi connectivity index (χ2v) is 20.9. The molecule has 4 aliphatic carbocycles. The van der Waals surface area contributed by atoms with Crippen molar-refractivity contribution in [3.05, 3.63) is 11.6 Å². The lowest BCUT2D eigenvalue weighted by atomic mass is 9.47. The molecule has 54 heavy (non-hydrogen) atoms. The Morgan fingerprint density at radius 1 is 0.722 bits per heavy atom. The van der Waals surface area contributed by atoms with Crippen LogP contribution in [0.1, 0.15) is 202 Å². The van der Waals surface area contributed by atoms with Gasteiger partial charge in [0.05, 0.1) is 12.7 Å². The zero-order chi connectivity index (χ0) is 40.4. The summed E-state index contributed by atoms with van der Waals surface area (Å²) in [7, 11) is -8.89. The maximum Gasteiger partial charge on any atom is 0.469 e. The number of allylic oxidation sites excluding steroid dienone is 1. The number of phosphoric acid groups is 2.